The van der Waals surface area contributed by atoms with Crippen LogP contribution in [0.3, 0.4) is 0 Å². The van der Waals surface area contributed by atoms with Crippen molar-refractivity contribution < 1.29 is 14.3 Å². The van der Waals surface area contributed by atoms with Crippen LogP contribution in [0, 0.1) is 11.7 Å². The predicted molar refractivity (Wildman–Crippen MR) is 64.0 cm³/mol. The minimum Gasteiger partial charge on any atom is -0.481 e. The Bertz CT molecular complexity index is 431. The van der Waals surface area contributed by atoms with Crippen LogP contribution in [0.4, 0.5) is 10.1 Å². The highest BCUT2D eigenvalue weighted by Crippen LogP contribution is 2.27. The zero-order chi connectivity index (χ0) is 12.4. The third kappa shape index (κ3) is 2.69. The van der Waals surface area contributed by atoms with Crippen molar-refractivity contribution in [2.75, 3.05) is 18.0 Å². The van der Waals surface area contributed by atoms with E-state index < -0.39 is 5.97 Å². The molecule has 1 N–H and O–H groups in total. The second-order valence-electron chi connectivity index (χ2n) is 4.20. The molecule has 3 nitrogen and oxygen atoms in total. The number of piperidine rings is 1. The molecular weight excluding hydrogens is 245 g/mol. The standard InChI is InChI=1S/C12H13ClFNO2/c13-9-1-2-11(10(14)7-9)15-5-3-8(4-6-15)12(16)17/h1-2,7-8H,3-6H2,(H,16,17). The molecule has 0 bridgehead atoms. The van der Waals surface area contributed by atoms with Gasteiger partial charge < -0.3 is 10.0 Å². The maximum Gasteiger partial charge on any atom is 0.306 e. The van der Waals surface area contributed by atoms with Crippen molar-refractivity contribution in [3.63, 3.8) is 0 Å². The number of hydrogen-bond donors (Lipinski definition) is 1. The van der Waals surface area contributed by atoms with Crippen molar-refractivity contribution in [2.24, 2.45) is 5.92 Å². The lowest BCUT2D eigenvalue weighted by molar-refractivity contribution is -0.142. The quantitative estimate of drug-likeness (QED) is 0.886. The summed E-state index contributed by atoms with van der Waals surface area (Å²) in [6.45, 7) is 1.13. The number of carbonyl (C=O) groups is 1. The molecular formula is C12H13ClFNO2. The Balaban J connectivity index is 2.08. The molecule has 1 aliphatic heterocycles. The molecule has 17 heavy (non-hydrogen) atoms. The summed E-state index contributed by atoms with van der Waals surface area (Å²) in [5.41, 5.74) is 0.498. The Morgan fingerprint density at radius 3 is 2.59 bits per heavy atom. The Kier molecular flexibility index (Phi) is 3.52. The Labute approximate surface area is 104 Å². The van der Waals surface area contributed by atoms with Crippen LogP contribution >= 0.6 is 11.6 Å². The highest BCUT2D eigenvalue weighted by atomic mass is 35.5. The fraction of sp³-hybridized carbons (Fsp3) is 0.417. The average molecular weight is 258 g/mol. The highest BCUT2D eigenvalue weighted by Gasteiger charge is 2.25. The van der Waals surface area contributed by atoms with Gasteiger partial charge in [0.25, 0.3) is 0 Å². The summed E-state index contributed by atoms with van der Waals surface area (Å²) >= 11 is 5.68. The van der Waals surface area contributed by atoms with E-state index in [9.17, 15) is 9.18 Å². The van der Waals surface area contributed by atoms with Gasteiger partial charge in [-0.25, -0.2) is 4.39 Å². The first kappa shape index (κ1) is 12.2. The van der Waals surface area contributed by atoms with E-state index in [0.717, 1.165) is 0 Å². The number of aliphatic carboxylic acids is 1. The van der Waals surface area contributed by atoms with Gasteiger partial charge in [0, 0.05) is 18.1 Å². The van der Waals surface area contributed by atoms with Gasteiger partial charge in [0.05, 0.1) is 11.6 Å². The lowest BCUT2D eigenvalue weighted by atomic mass is 9.97. The van der Waals surface area contributed by atoms with Crippen LogP contribution in [0.5, 0.6) is 0 Å². The molecule has 0 aliphatic carbocycles. The maximum atomic E-state index is 13.6. The first-order chi connectivity index (χ1) is 8.08. The molecule has 92 valence electrons. The monoisotopic (exact) mass is 257 g/mol. The molecule has 0 saturated carbocycles. The number of carboxylic acids is 1. The molecule has 0 atom stereocenters. The van der Waals surface area contributed by atoms with E-state index in [4.69, 9.17) is 16.7 Å². The Hall–Kier alpha value is -1.29. The number of hydrogen-bond acceptors (Lipinski definition) is 2. The molecule has 1 aromatic carbocycles. The van der Waals surface area contributed by atoms with Gasteiger partial charge in [-0.3, -0.25) is 4.79 Å². The minimum absolute atomic E-state index is 0.304. The largest absolute Gasteiger partial charge is 0.481 e. The zero-order valence-corrected chi connectivity index (χ0v) is 9.95. The average Bonchev–Trinajstić information content (AvgIpc) is 2.29. The summed E-state index contributed by atoms with van der Waals surface area (Å²) in [5.74, 6) is -1.42. The van der Waals surface area contributed by atoms with Crippen LogP contribution < -0.4 is 4.90 Å². The van der Waals surface area contributed by atoms with Crippen molar-refractivity contribution in [1.82, 2.24) is 0 Å². The maximum absolute atomic E-state index is 13.6. The van der Waals surface area contributed by atoms with Gasteiger partial charge >= 0.3 is 5.97 Å². The molecule has 1 heterocycles. The molecule has 0 aromatic heterocycles. The van der Waals surface area contributed by atoms with Gasteiger partial charge in [0.15, 0.2) is 0 Å². The lowest BCUT2D eigenvalue weighted by Crippen LogP contribution is -2.36. The van der Waals surface area contributed by atoms with Gasteiger partial charge in [-0.15, -0.1) is 0 Å². The number of rotatable bonds is 2. The van der Waals surface area contributed by atoms with E-state index in [1.807, 2.05) is 4.90 Å². The molecule has 0 spiro atoms. The summed E-state index contributed by atoms with van der Waals surface area (Å²) in [5, 5.41) is 9.24. The summed E-state index contributed by atoms with van der Waals surface area (Å²) < 4.78 is 13.6. The van der Waals surface area contributed by atoms with Crippen LogP contribution in [0.2, 0.25) is 5.02 Å². The zero-order valence-electron chi connectivity index (χ0n) is 9.20. The van der Waals surface area contributed by atoms with Crippen molar-refractivity contribution >= 4 is 23.3 Å². The van der Waals surface area contributed by atoms with Crippen molar-refractivity contribution in [1.29, 1.82) is 0 Å². The summed E-state index contributed by atoms with van der Waals surface area (Å²) in [4.78, 5) is 12.7. The number of benzene rings is 1. The van der Waals surface area contributed by atoms with Gasteiger partial charge in [-0.2, -0.15) is 0 Å². The fourth-order valence-corrected chi connectivity index (χ4v) is 2.26. The molecule has 1 fully saturated rings. The van der Waals surface area contributed by atoms with E-state index in [2.05, 4.69) is 0 Å². The summed E-state index contributed by atoms with van der Waals surface area (Å²) in [6.07, 6.45) is 1.11. The molecule has 1 saturated heterocycles. The molecule has 2 rings (SSSR count). The van der Waals surface area contributed by atoms with E-state index in [-0.39, 0.29) is 11.7 Å². The van der Waals surface area contributed by atoms with Crippen LogP contribution in [-0.2, 0) is 4.79 Å². The fourth-order valence-electron chi connectivity index (χ4n) is 2.11. The van der Waals surface area contributed by atoms with Gasteiger partial charge in [-0.05, 0) is 31.0 Å². The van der Waals surface area contributed by atoms with Gasteiger partial charge in [-0.1, -0.05) is 11.6 Å². The van der Waals surface area contributed by atoms with Gasteiger partial charge in [0.1, 0.15) is 5.82 Å². The lowest BCUT2D eigenvalue weighted by Gasteiger charge is -2.32. The SMILES string of the molecule is O=C(O)C1CCN(c2ccc(Cl)cc2F)CC1. The molecule has 1 aliphatic rings. The van der Waals surface area contributed by atoms with Crippen LogP contribution in [0.1, 0.15) is 12.8 Å². The number of halogens is 2. The molecule has 5 heteroatoms. The third-order valence-electron chi connectivity index (χ3n) is 3.09. The van der Waals surface area contributed by atoms with E-state index in [1.54, 1.807) is 12.1 Å². The topological polar surface area (TPSA) is 40.5 Å². The highest BCUT2D eigenvalue weighted by molar-refractivity contribution is 6.30. The molecule has 0 amide bonds. The normalized spacial score (nSPS) is 17.2. The van der Waals surface area contributed by atoms with Crippen LogP contribution in [-0.4, -0.2) is 24.2 Å². The molecule has 1 aromatic rings. The second-order valence-corrected chi connectivity index (χ2v) is 4.63. The van der Waals surface area contributed by atoms with Crippen molar-refractivity contribution in [2.45, 2.75) is 12.8 Å². The van der Waals surface area contributed by atoms with E-state index in [1.165, 1.54) is 6.07 Å². The third-order valence-corrected chi connectivity index (χ3v) is 3.33. The molecule has 0 radical (unpaired) electrons. The van der Waals surface area contributed by atoms with Crippen LogP contribution in [0.25, 0.3) is 0 Å². The van der Waals surface area contributed by atoms with Crippen molar-refractivity contribution in [3.05, 3.63) is 29.0 Å². The number of anilines is 1. The molecule has 0 unspecified atom stereocenters. The number of carboxylic acid groups (broad SMARTS) is 1. The smallest absolute Gasteiger partial charge is 0.306 e. The van der Waals surface area contributed by atoms with Gasteiger partial charge in [0.2, 0.25) is 0 Å². The summed E-state index contributed by atoms with van der Waals surface area (Å²) in [7, 11) is 0. The second kappa shape index (κ2) is 4.92. The number of nitrogens with zero attached hydrogens (tertiary/aromatic N) is 1. The van der Waals surface area contributed by atoms with E-state index in [0.29, 0.717) is 36.6 Å². The Morgan fingerprint density at radius 1 is 1.41 bits per heavy atom. The van der Waals surface area contributed by atoms with Crippen LogP contribution in [0.15, 0.2) is 18.2 Å². The Morgan fingerprint density at radius 2 is 2.06 bits per heavy atom. The predicted octanol–water partition coefficient (Wildman–Crippen LogP) is 2.78. The first-order valence-corrected chi connectivity index (χ1v) is 5.88. The minimum atomic E-state index is -0.763. The summed E-state index contributed by atoms with van der Waals surface area (Å²) in [6, 6.07) is 4.56. The van der Waals surface area contributed by atoms with Crippen molar-refractivity contribution in [3.8, 4) is 0 Å². The first-order valence-electron chi connectivity index (χ1n) is 5.50. The van der Waals surface area contributed by atoms with E-state index >= 15 is 0 Å².